The summed E-state index contributed by atoms with van der Waals surface area (Å²) in [5.74, 6) is 0. The van der Waals surface area contributed by atoms with Crippen molar-refractivity contribution in [3.05, 3.63) is 0 Å². The van der Waals surface area contributed by atoms with Gasteiger partial charge in [0.25, 0.3) is 0 Å². The molecule has 0 aromatic rings. The third kappa shape index (κ3) is 450. The molecule has 0 fully saturated rings. The van der Waals surface area contributed by atoms with Crippen LogP contribution in [-0.2, 0) is 9.59 Å². The van der Waals surface area contributed by atoms with Gasteiger partial charge in [-0.15, -0.1) is 0 Å². The summed E-state index contributed by atoms with van der Waals surface area (Å²) < 4.78 is 0. The Labute approximate surface area is 34.5 Å². The SMILES string of the molecule is O=C=O.[AsH3]. The molecule has 0 radical (unpaired) electrons. The van der Waals surface area contributed by atoms with E-state index >= 15 is 0 Å². The summed E-state index contributed by atoms with van der Waals surface area (Å²) >= 11 is 0. The van der Waals surface area contributed by atoms with Gasteiger partial charge in [-0.05, 0) is 0 Å². The Bertz CT molecular complexity index is 27.0. The van der Waals surface area contributed by atoms with E-state index in [1.165, 1.54) is 0 Å². The molecule has 0 aromatic heterocycles. The molecule has 0 bridgehead atoms. The first-order valence-electron chi connectivity index (χ1n) is 0.408. The van der Waals surface area contributed by atoms with Gasteiger partial charge in [-0.2, -0.15) is 9.59 Å². The van der Waals surface area contributed by atoms with Crippen molar-refractivity contribution in [3.8, 4) is 0 Å². The summed E-state index contributed by atoms with van der Waals surface area (Å²) in [5.41, 5.74) is 0. The minimum atomic E-state index is 0. The van der Waals surface area contributed by atoms with Gasteiger partial charge in [0.2, 0.25) is 0 Å². The maximum atomic E-state index is 8.12. The van der Waals surface area contributed by atoms with Crippen molar-refractivity contribution in [1.29, 1.82) is 0 Å². The summed E-state index contributed by atoms with van der Waals surface area (Å²) in [6, 6.07) is 0. The number of rotatable bonds is 0. The van der Waals surface area contributed by atoms with E-state index in [-0.39, 0.29) is 24.1 Å². The summed E-state index contributed by atoms with van der Waals surface area (Å²) in [6.07, 6.45) is 0.250. The molecule has 0 saturated heterocycles. The third-order valence-corrected chi connectivity index (χ3v) is 0. The molecule has 24 valence electrons. The van der Waals surface area contributed by atoms with Crippen LogP contribution in [-0.4, -0.2) is 24.1 Å². The predicted molar refractivity (Wildman–Crippen MR) is 14.9 cm³/mol. The molecule has 0 aliphatic carbocycles. The molecule has 3 heteroatoms. The standard InChI is InChI=1S/CO2.AsH3/c2-1-3;/h;1H3. The van der Waals surface area contributed by atoms with Crippen LogP contribution in [0.1, 0.15) is 0 Å². The number of hydrogen-bond donors (Lipinski definition) is 0. The summed E-state index contributed by atoms with van der Waals surface area (Å²) in [5, 5.41) is 0. The average molecular weight is 122 g/mol. The van der Waals surface area contributed by atoms with Crippen LogP contribution in [0.3, 0.4) is 0 Å². The Morgan fingerprint density at radius 2 is 1.25 bits per heavy atom. The zero-order valence-corrected chi connectivity index (χ0v) is 4.99. The van der Waals surface area contributed by atoms with Crippen LogP contribution in [0.2, 0.25) is 0 Å². The van der Waals surface area contributed by atoms with Crippen LogP contribution in [0.4, 0.5) is 0 Å². The average Bonchev–Trinajstić information content (AvgIpc) is 0.918. The molecule has 0 heterocycles. The van der Waals surface area contributed by atoms with E-state index in [2.05, 4.69) is 0 Å². The van der Waals surface area contributed by atoms with E-state index in [9.17, 15) is 0 Å². The Balaban J connectivity index is 0. The normalized spacial score (nSPS) is 2.00. The van der Waals surface area contributed by atoms with E-state index < -0.39 is 0 Å². The molecule has 0 N–H and O–H groups in total. The summed E-state index contributed by atoms with van der Waals surface area (Å²) in [6.45, 7) is 0. The number of hydrogen-bond acceptors (Lipinski definition) is 2. The molecule has 0 rings (SSSR count). The van der Waals surface area contributed by atoms with Crippen molar-refractivity contribution in [3.63, 3.8) is 0 Å². The predicted octanol–water partition coefficient (Wildman–Crippen LogP) is -1.77. The molecule has 0 amide bonds. The van der Waals surface area contributed by atoms with Crippen molar-refractivity contribution >= 4 is 24.1 Å². The fourth-order valence-electron chi connectivity index (χ4n) is 0. The molecular weight excluding hydrogens is 119 g/mol. The zero-order valence-electron chi connectivity index (χ0n) is 2.02. The van der Waals surface area contributed by atoms with Gasteiger partial charge in [0, 0.05) is 0 Å². The Hall–Kier alpha value is -0.0616. The second kappa shape index (κ2) is 12.5. The molecule has 1 unspecified atom stereocenters. The van der Waals surface area contributed by atoms with Crippen LogP contribution in [0.5, 0.6) is 0 Å². The van der Waals surface area contributed by atoms with E-state index in [1.807, 2.05) is 0 Å². The van der Waals surface area contributed by atoms with Crippen molar-refractivity contribution in [2.45, 2.75) is 0 Å². The molecule has 0 aliphatic heterocycles. The van der Waals surface area contributed by atoms with Crippen molar-refractivity contribution < 1.29 is 9.59 Å². The van der Waals surface area contributed by atoms with Gasteiger partial charge < -0.3 is 0 Å². The Kier molecular flexibility index (Phi) is 28.4. The molecule has 0 spiro atoms. The van der Waals surface area contributed by atoms with Gasteiger partial charge >= 0.3 is 24.1 Å². The molecule has 0 saturated carbocycles. The zero-order chi connectivity index (χ0) is 2.71. The van der Waals surface area contributed by atoms with Crippen LogP contribution in [0.25, 0.3) is 0 Å². The van der Waals surface area contributed by atoms with Crippen LogP contribution in [0.15, 0.2) is 0 Å². The van der Waals surface area contributed by atoms with Crippen LogP contribution >= 0.6 is 0 Å². The van der Waals surface area contributed by atoms with Crippen molar-refractivity contribution in [2.75, 3.05) is 0 Å². The first-order chi connectivity index (χ1) is 1.41. The molecule has 2 nitrogen and oxygen atoms in total. The van der Waals surface area contributed by atoms with Crippen molar-refractivity contribution in [2.24, 2.45) is 0 Å². The van der Waals surface area contributed by atoms with Gasteiger partial charge in [-0.1, -0.05) is 0 Å². The van der Waals surface area contributed by atoms with Gasteiger partial charge in [0.15, 0.2) is 0 Å². The second-order valence-corrected chi connectivity index (χ2v) is 0.0833. The van der Waals surface area contributed by atoms with E-state index in [1.54, 1.807) is 0 Å². The maximum absolute atomic E-state index is 8.12. The Morgan fingerprint density at radius 1 is 1.25 bits per heavy atom. The number of carbonyl (C=O) groups excluding carboxylic acids is 2. The molecule has 4 heavy (non-hydrogen) atoms. The topological polar surface area (TPSA) is 34.1 Å². The monoisotopic (exact) mass is 122 g/mol. The van der Waals surface area contributed by atoms with Gasteiger partial charge in [-0.3, -0.25) is 0 Å². The van der Waals surface area contributed by atoms with Crippen LogP contribution < -0.4 is 0 Å². The fraction of sp³-hybridized carbons (Fsp3) is 0. The summed E-state index contributed by atoms with van der Waals surface area (Å²) in [4.78, 5) is 16.2. The first-order valence-corrected chi connectivity index (χ1v) is 0.408. The van der Waals surface area contributed by atoms with Gasteiger partial charge in [-0.25, -0.2) is 0 Å². The Morgan fingerprint density at radius 3 is 1.25 bits per heavy atom. The van der Waals surface area contributed by atoms with E-state index in [4.69, 9.17) is 9.59 Å². The minimum absolute atomic E-state index is 0. The van der Waals surface area contributed by atoms with Crippen LogP contribution in [0, 0.1) is 0 Å². The van der Waals surface area contributed by atoms with Gasteiger partial charge in [0.05, 0.1) is 0 Å². The summed E-state index contributed by atoms with van der Waals surface area (Å²) in [7, 11) is 0. The third-order valence-electron chi connectivity index (χ3n) is 0. The molecule has 0 aliphatic rings. The molecular formula is CH3AsO2. The molecule has 1 atom stereocenters. The first kappa shape index (κ1) is 9.05. The quantitative estimate of drug-likeness (QED) is 0.356. The second-order valence-electron chi connectivity index (χ2n) is 0.0833. The van der Waals surface area contributed by atoms with E-state index in [0.29, 0.717) is 0 Å². The van der Waals surface area contributed by atoms with Gasteiger partial charge in [0.1, 0.15) is 0 Å². The van der Waals surface area contributed by atoms with E-state index in [0.717, 1.165) is 0 Å². The van der Waals surface area contributed by atoms with Crippen molar-refractivity contribution in [1.82, 2.24) is 0 Å². The fourth-order valence-corrected chi connectivity index (χ4v) is 0. The molecule has 0 aromatic carbocycles.